The number of phenolic OH excluding ortho intramolecular Hbond substituents is 1. The largest absolute Gasteiger partial charge is 0.507 e. The van der Waals surface area contributed by atoms with Crippen molar-refractivity contribution in [3.05, 3.63) is 65.0 Å². The zero-order valence-electron chi connectivity index (χ0n) is 11.2. The molecule has 0 radical (unpaired) electrons. The number of halogens is 1. The minimum atomic E-state index is -0.359. The van der Waals surface area contributed by atoms with Gasteiger partial charge in [-0.3, -0.25) is 4.79 Å². The first-order chi connectivity index (χ1) is 9.59. The number of amides is 1. The summed E-state index contributed by atoms with van der Waals surface area (Å²) in [5.41, 5.74) is 1.44. The number of benzene rings is 2. The second-order valence-electron chi connectivity index (χ2n) is 4.57. The molecule has 0 fully saturated rings. The quantitative estimate of drug-likeness (QED) is 0.900. The van der Waals surface area contributed by atoms with Gasteiger partial charge in [0.05, 0.1) is 5.56 Å². The van der Waals surface area contributed by atoms with Crippen LogP contribution in [0.5, 0.6) is 5.75 Å². The van der Waals surface area contributed by atoms with Crippen molar-refractivity contribution in [2.45, 2.75) is 13.3 Å². The van der Waals surface area contributed by atoms with Gasteiger partial charge < -0.3 is 10.4 Å². The van der Waals surface area contributed by atoms with Gasteiger partial charge >= 0.3 is 0 Å². The molecule has 2 aromatic carbocycles. The van der Waals surface area contributed by atoms with E-state index in [1.807, 2.05) is 0 Å². The van der Waals surface area contributed by atoms with Gasteiger partial charge in [-0.15, -0.1) is 0 Å². The van der Waals surface area contributed by atoms with E-state index in [0.29, 0.717) is 24.1 Å². The smallest absolute Gasteiger partial charge is 0.255 e. The minimum Gasteiger partial charge on any atom is -0.507 e. The van der Waals surface area contributed by atoms with Crippen molar-refractivity contribution in [2.75, 3.05) is 6.54 Å². The van der Waals surface area contributed by atoms with Crippen LogP contribution in [0.2, 0.25) is 0 Å². The summed E-state index contributed by atoms with van der Waals surface area (Å²) in [5, 5.41) is 12.5. The molecule has 0 aliphatic carbocycles. The Kier molecular flexibility index (Phi) is 4.35. The molecule has 2 aromatic rings. The molecule has 0 bridgehead atoms. The maximum atomic E-state index is 13.4. The number of hydrogen-bond donors (Lipinski definition) is 2. The molecule has 2 rings (SSSR count). The number of aromatic hydroxyl groups is 1. The van der Waals surface area contributed by atoms with Crippen LogP contribution < -0.4 is 5.32 Å². The summed E-state index contributed by atoms with van der Waals surface area (Å²) in [6.45, 7) is 2.04. The van der Waals surface area contributed by atoms with E-state index in [9.17, 15) is 14.3 Å². The van der Waals surface area contributed by atoms with E-state index in [4.69, 9.17) is 0 Å². The number of rotatable bonds is 4. The summed E-state index contributed by atoms with van der Waals surface area (Å²) in [7, 11) is 0. The zero-order valence-corrected chi connectivity index (χ0v) is 11.2. The van der Waals surface area contributed by atoms with Crippen LogP contribution in [0.3, 0.4) is 0 Å². The standard InChI is InChI=1S/C16H16FNO2/c1-11-5-4-7-13(15(11)19)16(20)18-10-9-12-6-2-3-8-14(12)17/h2-8,19H,9-10H2,1H3,(H,18,20). The Morgan fingerprint density at radius 1 is 1.20 bits per heavy atom. The lowest BCUT2D eigenvalue weighted by atomic mass is 10.1. The molecule has 4 heteroatoms. The van der Waals surface area contributed by atoms with Gasteiger partial charge in [0.2, 0.25) is 0 Å². The van der Waals surface area contributed by atoms with E-state index < -0.39 is 0 Å². The minimum absolute atomic E-state index is 0.0177. The first-order valence-electron chi connectivity index (χ1n) is 6.40. The van der Waals surface area contributed by atoms with Crippen LogP contribution in [0.4, 0.5) is 4.39 Å². The monoisotopic (exact) mass is 273 g/mol. The number of aryl methyl sites for hydroxylation is 1. The van der Waals surface area contributed by atoms with Crippen molar-refractivity contribution < 1.29 is 14.3 Å². The number of phenols is 1. The topological polar surface area (TPSA) is 49.3 Å². The van der Waals surface area contributed by atoms with E-state index in [1.165, 1.54) is 6.07 Å². The molecule has 0 saturated heterocycles. The Labute approximate surface area is 117 Å². The van der Waals surface area contributed by atoms with E-state index in [2.05, 4.69) is 5.32 Å². The van der Waals surface area contributed by atoms with E-state index in [1.54, 1.807) is 43.3 Å². The van der Waals surface area contributed by atoms with Crippen LogP contribution in [0.25, 0.3) is 0 Å². The van der Waals surface area contributed by atoms with Crippen LogP contribution >= 0.6 is 0 Å². The summed E-state index contributed by atoms with van der Waals surface area (Å²) < 4.78 is 13.4. The van der Waals surface area contributed by atoms with Crippen molar-refractivity contribution in [3.8, 4) is 5.75 Å². The maximum Gasteiger partial charge on any atom is 0.255 e. The second kappa shape index (κ2) is 6.19. The molecule has 2 N–H and O–H groups in total. The molecule has 1 amide bonds. The summed E-state index contributed by atoms with van der Waals surface area (Å²) in [5.74, 6) is -0.654. The highest BCUT2D eigenvalue weighted by Crippen LogP contribution is 2.21. The second-order valence-corrected chi connectivity index (χ2v) is 4.57. The van der Waals surface area contributed by atoms with Crippen LogP contribution in [0, 0.1) is 12.7 Å². The van der Waals surface area contributed by atoms with Crippen molar-refractivity contribution in [3.63, 3.8) is 0 Å². The van der Waals surface area contributed by atoms with Gasteiger partial charge in [-0.05, 0) is 36.6 Å². The molecule has 0 spiro atoms. The number of para-hydroxylation sites is 1. The van der Waals surface area contributed by atoms with E-state index in [-0.39, 0.29) is 23.0 Å². The van der Waals surface area contributed by atoms with Gasteiger partial charge in [0.25, 0.3) is 5.91 Å². The molecule has 0 saturated carbocycles. The zero-order chi connectivity index (χ0) is 14.5. The van der Waals surface area contributed by atoms with Gasteiger partial charge in [0.1, 0.15) is 11.6 Å². The number of nitrogens with one attached hydrogen (secondary N) is 1. The summed E-state index contributed by atoms with van der Waals surface area (Å²) in [6, 6.07) is 11.5. The fourth-order valence-electron chi connectivity index (χ4n) is 1.95. The molecule has 0 heterocycles. The lowest BCUT2D eigenvalue weighted by Crippen LogP contribution is -2.26. The normalized spacial score (nSPS) is 10.3. The van der Waals surface area contributed by atoms with Gasteiger partial charge in [-0.1, -0.05) is 30.3 Å². The van der Waals surface area contributed by atoms with Crippen molar-refractivity contribution in [1.29, 1.82) is 0 Å². The Morgan fingerprint density at radius 2 is 1.95 bits per heavy atom. The molecule has 0 atom stereocenters. The highest BCUT2D eigenvalue weighted by atomic mass is 19.1. The van der Waals surface area contributed by atoms with Crippen molar-refractivity contribution in [2.24, 2.45) is 0 Å². The third-order valence-corrected chi connectivity index (χ3v) is 3.12. The van der Waals surface area contributed by atoms with Gasteiger partial charge in [0, 0.05) is 6.54 Å². The third-order valence-electron chi connectivity index (χ3n) is 3.12. The lowest BCUT2D eigenvalue weighted by molar-refractivity contribution is 0.0951. The predicted molar refractivity (Wildman–Crippen MR) is 75.3 cm³/mol. The molecule has 3 nitrogen and oxygen atoms in total. The Bertz CT molecular complexity index is 626. The summed E-state index contributed by atoms with van der Waals surface area (Å²) in [4.78, 5) is 11.9. The fraction of sp³-hybridized carbons (Fsp3) is 0.188. The van der Waals surface area contributed by atoms with Crippen molar-refractivity contribution >= 4 is 5.91 Å². The molecule has 20 heavy (non-hydrogen) atoms. The van der Waals surface area contributed by atoms with E-state index in [0.717, 1.165) is 0 Å². The fourth-order valence-corrected chi connectivity index (χ4v) is 1.95. The highest BCUT2D eigenvalue weighted by Gasteiger charge is 2.12. The number of carbonyl (C=O) groups is 1. The number of hydrogen-bond acceptors (Lipinski definition) is 2. The van der Waals surface area contributed by atoms with E-state index >= 15 is 0 Å². The Morgan fingerprint density at radius 3 is 2.70 bits per heavy atom. The molecule has 0 unspecified atom stereocenters. The SMILES string of the molecule is Cc1cccc(C(=O)NCCc2ccccc2F)c1O. The molecule has 0 aliphatic heterocycles. The van der Waals surface area contributed by atoms with Gasteiger partial charge in [-0.2, -0.15) is 0 Å². The maximum absolute atomic E-state index is 13.4. The molecular weight excluding hydrogens is 257 g/mol. The van der Waals surface area contributed by atoms with Crippen LogP contribution in [-0.2, 0) is 6.42 Å². The Balaban J connectivity index is 1.96. The van der Waals surface area contributed by atoms with Gasteiger partial charge in [-0.25, -0.2) is 4.39 Å². The average molecular weight is 273 g/mol. The number of carbonyl (C=O) groups excluding carboxylic acids is 1. The molecular formula is C16H16FNO2. The Hall–Kier alpha value is -2.36. The summed E-state index contributed by atoms with van der Waals surface area (Å²) in [6.07, 6.45) is 0.408. The molecule has 0 aromatic heterocycles. The first kappa shape index (κ1) is 14.1. The van der Waals surface area contributed by atoms with Gasteiger partial charge in [0.15, 0.2) is 0 Å². The first-order valence-corrected chi connectivity index (χ1v) is 6.40. The molecule has 0 aliphatic rings. The third kappa shape index (κ3) is 3.15. The molecule has 104 valence electrons. The highest BCUT2D eigenvalue weighted by molar-refractivity contribution is 5.97. The van der Waals surface area contributed by atoms with Crippen LogP contribution in [-0.4, -0.2) is 17.6 Å². The van der Waals surface area contributed by atoms with Crippen LogP contribution in [0.1, 0.15) is 21.5 Å². The van der Waals surface area contributed by atoms with Crippen LogP contribution in [0.15, 0.2) is 42.5 Å². The predicted octanol–water partition coefficient (Wildman–Crippen LogP) is 2.81. The average Bonchev–Trinajstić information content (AvgIpc) is 2.44. The summed E-state index contributed by atoms with van der Waals surface area (Å²) >= 11 is 0. The lowest BCUT2D eigenvalue weighted by Gasteiger charge is -2.08. The van der Waals surface area contributed by atoms with Crippen molar-refractivity contribution in [1.82, 2.24) is 5.32 Å².